The number of likely N-dealkylation sites (tertiary alicyclic amines) is 1. The zero-order chi connectivity index (χ0) is 27.0. The number of rotatable bonds is 8. The first-order valence-corrected chi connectivity index (χ1v) is 13.9. The molecule has 2 aliphatic rings. The van der Waals surface area contributed by atoms with Crippen molar-refractivity contribution in [2.75, 3.05) is 13.1 Å². The van der Waals surface area contributed by atoms with E-state index < -0.39 is 23.3 Å². The number of thiophene rings is 2. The van der Waals surface area contributed by atoms with E-state index in [9.17, 15) is 19.6 Å². The fraction of sp³-hybridized carbons (Fsp3) is 0.458. The van der Waals surface area contributed by atoms with Gasteiger partial charge in [0.15, 0.2) is 5.82 Å². The monoisotopic (exact) mass is 553 g/mol. The number of nitrogens with one attached hydrogen (secondary N) is 2. The molecule has 14 heteroatoms. The van der Waals surface area contributed by atoms with Crippen molar-refractivity contribution in [3.05, 3.63) is 48.6 Å². The Labute approximate surface area is 226 Å². The molecule has 12 nitrogen and oxygen atoms in total. The number of carbonyl (C=O) groups excluding carboxylic acids is 3. The van der Waals surface area contributed by atoms with Crippen LogP contribution in [0.4, 0.5) is 0 Å². The molecule has 1 aliphatic heterocycles. The molecule has 2 atom stereocenters. The van der Waals surface area contributed by atoms with Crippen LogP contribution in [0.3, 0.4) is 0 Å². The standard InChI is InChI=1S/C24H27N9O3S2/c1-12(28-11-18(34)33-6-2-3-15(33)10-25)9-24(23-29-31-32-30-23)19-13(7-16(37-19)21(26)35)4-5-14-8-17(22(27)36)38-20(14)24/h7-8,12,15,28H,2-6,9,11H2,1H3,(H2,26,35)(H2,27,36)(H,29,30,31,32)/t12-,15?/m1/s1. The maximum Gasteiger partial charge on any atom is 0.258 e. The van der Waals surface area contributed by atoms with E-state index in [1.165, 1.54) is 22.7 Å². The number of hydrogen-bond acceptors (Lipinski definition) is 10. The molecule has 1 unspecified atom stereocenters. The van der Waals surface area contributed by atoms with Gasteiger partial charge in [0.1, 0.15) is 11.5 Å². The summed E-state index contributed by atoms with van der Waals surface area (Å²) in [5.74, 6) is -0.787. The van der Waals surface area contributed by atoms with E-state index >= 15 is 0 Å². The van der Waals surface area contributed by atoms with Gasteiger partial charge in [0.25, 0.3) is 11.8 Å². The van der Waals surface area contributed by atoms with Crippen LogP contribution in [-0.4, -0.2) is 68.4 Å². The number of aromatic nitrogens is 4. The van der Waals surface area contributed by atoms with Crippen LogP contribution < -0.4 is 16.8 Å². The summed E-state index contributed by atoms with van der Waals surface area (Å²) in [5.41, 5.74) is 12.3. The lowest BCUT2D eigenvalue weighted by atomic mass is 9.76. The number of nitrogens with zero attached hydrogens (tertiary/aromatic N) is 5. The summed E-state index contributed by atoms with van der Waals surface area (Å²) in [5, 5.41) is 27.8. The van der Waals surface area contributed by atoms with Crippen molar-refractivity contribution in [2.24, 2.45) is 11.5 Å². The van der Waals surface area contributed by atoms with Gasteiger partial charge >= 0.3 is 0 Å². The Hall–Kier alpha value is -3.67. The third-order valence-corrected chi connectivity index (χ3v) is 9.91. The molecule has 1 aliphatic carbocycles. The van der Waals surface area contributed by atoms with E-state index in [1.54, 1.807) is 4.90 Å². The van der Waals surface area contributed by atoms with Gasteiger partial charge in [0.2, 0.25) is 5.91 Å². The quantitative estimate of drug-likeness (QED) is 0.314. The lowest BCUT2D eigenvalue weighted by molar-refractivity contribution is -0.130. The Bertz CT molecular complexity index is 1360. The minimum Gasteiger partial charge on any atom is -0.365 e. The molecule has 198 valence electrons. The number of aryl methyl sites for hydroxylation is 2. The molecule has 3 aromatic heterocycles. The molecule has 1 saturated heterocycles. The Balaban J connectivity index is 1.56. The lowest BCUT2D eigenvalue weighted by Crippen LogP contribution is -2.45. The molecule has 3 aromatic rings. The smallest absolute Gasteiger partial charge is 0.258 e. The first kappa shape index (κ1) is 26.0. The molecule has 6 N–H and O–H groups in total. The SMILES string of the molecule is C[C@H](CC1(c2nn[nH]n2)c2sc(C(N)=O)cc2CCc2cc(C(N)=O)sc21)NCC(=O)N1CCCC1C#N. The van der Waals surface area contributed by atoms with Crippen molar-refractivity contribution in [2.45, 2.75) is 56.5 Å². The first-order valence-electron chi connectivity index (χ1n) is 12.3. The molecule has 0 spiro atoms. The third-order valence-electron chi connectivity index (χ3n) is 7.21. The summed E-state index contributed by atoms with van der Waals surface area (Å²) in [6.45, 7) is 2.59. The lowest BCUT2D eigenvalue weighted by Gasteiger charge is -2.33. The van der Waals surface area contributed by atoms with E-state index in [4.69, 9.17) is 11.5 Å². The number of nitrogens with two attached hydrogens (primary N) is 2. The Morgan fingerprint density at radius 2 is 1.84 bits per heavy atom. The minimum atomic E-state index is -0.969. The summed E-state index contributed by atoms with van der Waals surface area (Å²) in [7, 11) is 0. The minimum absolute atomic E-state index is 0.0648. The van der Waals surface area contributed by atoms with E-state index in [-0.39, 0.29) is 18.5 Å². The van der Waals surface area contributed by atoms with Gasteiger partial charge in [-0.25, -0.2) is 0 Å². The van der Waals surface area contributed by atoms with Gasteiger partial charge in [0.05, 0.1) is 22.4 Å². The average Bonchev–Trinajstić information content (AvgIpc) is 3.70. The zero-order valence-electron chi connectivity index (χ0n) is 20.7. The number of fused-ring (bicyclic) bond motifs is 2. The van der Waals surface area contributed by atoms with Gasteiger partial charge in [-0.05, 0) is 62.3 Å². The van der Waals surface area contributed by atoms with Gasteiger partial charge in [0, 0.05) is 22.3 Å². The van der Waals surface area contributed by atoms with Gasteiger partial charge in [-0.15, -0.1) is 32.9 Å². The van der Waals surface area contributed by atoms with Crippen LogP contribution in [-0.2, 0) is 23.1 Å². The maximum absolute atomic E-state index is 12.9. The highest BCUT2D eigenvalue weighted by molar-refractivity contribution is 7.16. The van der Waals surface area contributed by atoms with Crippen LogP contribution >= 0.6 is 22.7 Å². The summed E-state index contributed by atoms with van der Waals surface area (Å²) in [4.78, 5) is 41.4. The van der Waals surface area contributed by atoms with Crippen LogP contribution in [0.25, 0.3) is 0 Å². The van der Waals surface area contributed by atoms with Crippen molar-refractivity contribution >= 4 is 40.4 Å². The van der Waals surface area contributed by atoms with Crippen LogP contribution in [0.5, 0.6) is 0 Å². The van der Waals surface area contributed by atoms with Gasteiger partial charge in [-0.3, -0.25) is 14.4 Å². The molecular weight excluding hydrogens is 526 g/mol. The molecule has 0 radical (unpaired) electrons. The number of carbonyl (C=O) groups is 3. The van der Waals surface area contributed by atoms with Gasteiger partial charge < -0.3 is 21.7 Å². The maximum atomic E-state index is 12.9. The van der Waals surface area contributed by atoms with E-state index in [0.29, 0.717) is 47.8 Å². The van der Waals surface area contributed by atoms with Crippen molar-refractivity contribution in [3.8, 4) is 6.07 Å². The first-order chi connectivity index (χ1) is 18.2. The summed E-state index contributed by atoms with van der Waals surface area (Å²) >= 11 is 2.58. The fourth-order valence-electron chi connectivity index (χ4n) is 5.48. The number of hydrogen-bond donors (Lipinski definition) is 4. The van der Waals surface area contributed by atoms with Crippen molar-refractivity contribution in [3.63, 3.8) is 0 Å². The molecule has 1 fully saturated rings. The molecule has 0 bridgehead atoms. The summed E-state index contributed by atoms with van der Waals surface area (Å²) < 4.78 is 0. The molecule has 5 rings (SSSR count). The fourth-order valence-corrected chi connectivity index (χ4v) is 8.08. The van der Waals surface area contributed by atoms with Crippen molar-refractivity contribution < 1.29 is 14.4 Å². The predicted octanol–water partition coefficient (Wildman–Crippen LogP) is 0.836. The third kappa shape index (κ3) is 4.46. The normalized spacial score (nSPS) is 18.7. The van der Waals surface area contributed by atoms with Crippen LogP contribution in [0.15, 0.2) is 12.1 Å². The summed E-state index contributed by atoms with van der Waals surface area (Å²) in [6.07, 6.45) is 3.16. The van der Waals surface area contributed by atoms with Crippen LogP contribution in [0.2, 0.25) is 0 Å². The number of amides is 3. The Morgan fingerprint density at radius 1 is 1.21 bits per heavy atom. The van der Waals surface area contributed by atoms with Crippen LogP contribution in [0.1, 0.15) is 72.2 Å². The highest BCUT2D eigenvalue weighted by Crippen LogP contribution is 2.52. The summed E-state index contributed by atoms with van der Waals surface area (Å²) in [6, 6.07) is 5.21. The number of primary amides is 2. The molecule has 38 heavy (non-hydrogen) atoms. The van der Waals surface area contributed by atoms with E-state index in [0.717, 1.165) is 27.3 Å². The number of nitriles is 1. The van der Waals surface area contributed by atoms with E-state index in [1.807, 2.05) is 19.1 Å². The zero-order valence-corrected chi connectivity index (χ0v) is 22.3. The molecular formula is C24H27N9O3S2. The number of aromatic amines is 1. The predicted molar refractivity (Wildman–Crippen MR) is 140 cm³/mol. The van der Waals surface area contributed by atoms with Gasteiger partial charge in [-0.2, -0.15) is 10.5 Å². The number of tetrazole rings is 1. The molecule has 4 heterocycles. The second kappa shape index (κ2) is 10.2. The second-order valence-electron chi connectivity index (χ2n) is 9.66. The second-order valence-corrected chi connectivity index (χ2v) is 11.8. The average molecular weight is 554 g/mol. The van der Waals surface area contributed by atoms with Crippen molar-refractivity contribution in [1.82, 2.24) is 30.8 Å². The van der Waals surface area contributed by atoms with Crippen LogP contribution in [0, 0.1) is 11.3 Å². The van der Waals surface area contributed by atoms with Crippen molar-refractivity contribution in [1.29, 1.82) is 5.26 Å². The van der Waals surface area contributed by atoms with Gasteiger partial charge in [-0.1, -0.05) is 5.21 Å². The molecule has 3 amide bonds. The highest BCUT2D eigenvalue weighted by Gasteiger charge is 2.48. The Kier molecular flexibility index (Phi) is 6.99. The largest absolute Gasteiger partial charge is 0.365 e. The molecule has 0 saturated carbocycles. The molecule has 0 aromatic carbocycles. The van der Waals surface area contributed by atoms with E-state index in [2.05, 4.69) is 32.0 Å². The topological polar surface area (TPSA) is 197 Å². The Morgan fingerprint density at radius 3 is 2.37 bits per heavy atom. The highest BCUT2D eigenvalue weighted by atomic mass is 32.1. The number of H-pyrrole nitrogens is 1.